The number of carbonyl (C=O) groups is 1. The number of likely N-dealkylation sites (N-methyl/N-ethyl adjacent to an activating group) is 1. The molecule has 136 valence electrons. The monoisotopic (exact) mass is 384 g/mol. The van der Waals surface area contributed by atoms with Crippen molar-refractivity contribution in [1.82, 2.24) is 9.47 Å². The summed E-state index contributed by atoms with van der Waals surface area (Å²) in [7, 11) is 0. The molecule has 2 heterocycles. The van der Waals surface area contributed by atoms with Gasteiger partial charge in [0.05, 0.1) is 10.6 Å². The number of hydrogen-bond donors (Lipinski definition) is 0. The van der Waals surface area contributed by atoms with Crippen LogP contribution >= 0.6 is 24.0 Å². The Balaban J connectivity index is 2.10. The van der Waals surface area contributed by atoms with Crippen molar-refractivity contribution in [2.24, 2.45) is 0 Å². The number of thioether (sulfide) groups is 1. The number of benzene rings is 1. The SMILES string of the molecule is CCN1C(=O)C(=Cc2cc(C)n(-c3c(C)cc(C)cc3C)c2C)SC1=S. The first-order valence-corrected chi connectivity index (χ1v) is 9.99. The Labute approximate surface area is 165 Å². The van der Waals surface area contributed by atoms with Crippen LogP contribution in [0.1, 0.15) is 40.6 Å². The van der Waals surface area contributed by atoms with E-state index in [2.05, 4.69) is 57.4 Å². The van der Waals surface area contributed by atoms with Gasteiger partial charge in [-0.2, -0.15) is 0 Å². The van der Waals surface area contributed by atoms with E-state index in [0.29, 0.717) is 15.8 Å². The molecule has 1 saturated heterocycles. The van der Waals surface area contributed by atoms with Crippen molar-refractivity contribution < 1.29 is 4.79 Å². The summed E-state index contributed by atoms with van der Waals surface area (Å²) in [6.07, 6.45) is 1.98. The topological polar surface area (TPSA) is 25.2 Å². The van der Waals surface area contributed by atoms with Crippen LogP contribution in [-0.2, 0) is 4.79 Å². The second kappa shape index (κ2) is 7.05. The first-order valence-electron chi connectivity index (χ1n) is 8.77. The third-order valence-corrected chi connectivity index (χ3v) is 6.18. The molecule has 26 heavy (non-hydrogen) atoms. The third kappa shape index (κ3) is 3.14. The van der Waals surface area contributed by atoms with E-state index in [4.69, 9.17) is 12.2 Å². The smallest absolute Gasteiger partial charge is 0.266 e. The summed E-state index contributed by atoms with van der Waals surface area (Å²) in [5.41, 5.74) is 8.38. The normalized spacial score (nSPS) is 16.2. The van der Waals surface area contributed by atoms with E-state index in [1.165, 1.54) is 34.1 Å². The molecule has 1 aliphatic heterocycles. The fourth-order valence-electron chi connectivity index (χ4n) is 3.72. The lowest BCUT2D eigenvalue weighted by Crippen LogP contribution is -2.27. The van der Waals surface area contributed by atoms with Crippen molar-refractivity contribution in [1.29, 1.82) is 0 Å². The maximum Gasteiger partial charge on any atom is 0.266 e. The number of hydrogen-bond acceptors (Lipinski definition) is 3. The van der Waals surface area contributed by atoms with E-state index < -0.39 is 0 Å². The zero-order valence-electron chi connectivity index (χ0n) is 16.1. The molecule has 1 amide bonds. The molecule has 1 aliphatic rings. The molecular weight excluding hydrogens is 360 g/mol. The van der Waals surface area contributed by atoms with Gasteiger partial charge in [-0.25, -0.2) is 0 Å². The first-order chi connectivity index (χ1) is 12.2. The van der Waals surface area contributed by atoms with E-state index in [0.717, 1.165) is 17.0 Å². The van der Waals surface area contributed by atoms with Gasteiger partial charge in [-0.15, -0.1) is 0 Å². The van der Waals surface area contributed by atoms with Gasteiger partial charge in [0.2, 0.25) is 0 Å². The largest absolute Gasteiger partial charge is 0.317 e. The zero-order chi connectivity index (χ0) is 19.2. The van der Waals surface area contributed by atoms with Gasteiger partial charge < -0.3 is 4.57 Å². The number of aryl methyl sites for hydroxylation is 4. The minimum Gasteiger partial charge on any atom is -0.317 e. The summed E-state index contributed by atoms with van der Waals surface area (Å²) in [5.74, 6) is 0.00926. The molecule has 0 bridgehead atoms. The van der Waals surface area contributed by atoms with Crippen LogP contribution in [0.5, 0.6) is 0 Å². The maximum atomic E-state index is 12.5. The number of carbonyl (C=O) groups excluding carboxylic acids is 1. The van der Waals surface area contributed by atoms with Crippen LogP contribution in [0.2, 0.25) is 0 Å². The van der Waals surface area contributed by atoms with E-state index >= 15 is 0 Å². The fraction of sp³-hybridized carbons (Fsp3) is 0.333. The Hall–Kier alpha value is -1.85. The highest BCUT2D eigenvalue weighted by Crippen LogP contribution is 2.34. The minimum absolute atomic E-state index is 0.00926. The molecule has 5 heteroatoms. The standard InChI is InChI=1S/C21H24N2OS2/c1-7-22-20(24)18(26-21(22)25)11-17-10-15(5)23(16(17)6)19-13(3)8-12(2)9-14(19)4/h8-11H,7H2,1-6H3. The van der Waals surface area contributed by atoms with Gasteiger partial charge in [-0.05, 0) is 70.4 Å². The fourth-order valence-corrected chi connectivity index (χ4v) is 5.09. The highest BCUT2D eigenvalue weighted by Gasteiger charge is 2.31. The van der Waals surface area contributed by atoms with Gasteiger partial charge in [0.25, 0.3) is 5.91 Å². The molecule has 2 aromatic rings. The first kappa shape index (κ1) is 18.9. The summed E-state index contributed by atoms with van der Waals surface area (Å²) in [5, 5.41) is 0. The van der Waals surface area contributed by atoms with Gasteiger partial charge >= 0.3 is 0 Å². The summed E-state index contributed by atoms with van der Waals surface area (Å²) >= 11 is 6.71. The summed E-state index contributed by atoms with van der Waals surface area (Å²) in [4.78, 5) is 14.9. The zero-order valence-corrected chi connectivity index (χ0v) is 17.8. The van der Waals surface area contributed by atoms with E-state index in [1.807, 2.05) is 13.0 Å². The average molecular weight is 385 g/mol. The van der Waals surface area contributed by atoms with Crippen LogP contribution in [0.25, 0.3) is 11.8 Å². The van der Waals surface area contributed by atoms with Crippen molar-refractivity contribution in [2.75, 3.05) is 6.54 Å². The average Bonchev–Trinajstić information content (AvgIpc) is 2.97. The second-order valence-corrected chi connectivity index (χ2v) is 8.51. The summed E-state index contributed by atoms with van der Waals surface area (Å²) < 4.78 is 2.93. The maximum absolute atomic E-state index is 12.5. The molecule has 0 unspecified atom stereocenters. The summed E-state index contributed by atoms with van der Waals surface area (Å²) in [6.45, 7) is 13.2. The molecule has 0 radical (unpaired) electrons. The second-order valence-electron chi connectivity index (χ2n) is 6.84. The highest BCUT2D eigenvalue weighted by molar-refractivity contribution is 8.26. The molecule has 1 aromatic carbocycles. The third-order valence-electron chi connectivity index (χ3n) is 4.81. The van der Waals surface area contributed by atoms with E-state index in [1.54, 1.807) is 4.90 Å². The van der Waals surface area contributed by atoms with Crippen LogP contribution in [0.15, 0.2) is 23.1 Å². The van der Waals surface area contributed by atoms with Gasteiger partial charge in [-0.1, -0.05) is 41.7 Å². The van der Waals surface area contributed by atoms with E-state index in [-0.39, 0.29) is 5.91 Å². The Morgan fingerprint density at radius 1 is 1.08 bits per heavy atom. The van der Waals surface area contributed by atoms with Gasteiger partial charge in [0, 0.05) is 17.9 Å². The predicted molar refractivity (Wildman–Crippen MR) is 115 cm³/mol. The predicted octanol–water partition coefficient (Wildman–Crippen LogP) is 5.24. The number of rotatable bonds is 3. The molecule has 0 atom stereocenters. The van der Waals surface area contributed by atoms with Crippen LogP contribution < -0.4 is 0 Å². The number of aromatic nitrogens is 1. The Morgan fingerprint density at radius 2 is 1.69 bits per heavy atom. The number of thiocarbonyl (C=S) groups is 1. The number of amides is 1. The van der Waals surface area contributed by atoms with Crippen LogP contribution in [0.4, 0.5) is 0 Å². The van der Waals surface area contributed by atoms with E-state index in [9.17, 15) is 4.79 Å². The summed E-state index contributed by atoms with van der Waals surface area (Å²) in [6, 6.07) is 6.58. The van der Waals surface area contributed by atoms with Crippen molar-refractivity contribution in [3.63, 3.8) is 0 Å². The molecule has 0 aliphatic carbocycles. The Kier molecular flexibility index (Phi) is 5.13. The quantitative estimate of drug-likeness (QED) is 0.534. The van der Waals surface area contributed by atoms with Crippen molar-refractivity contribution >= 4 is 40.3 Å². The van der Waals surface area contributed by atoms with Crippen molar-refractivity contribution in [3.8, 4) is 5.69 Å². The van der Waals surface area contributed by atoms with Gasteiger partial charge in [0.15, 0.2) is 0 Å². The van der Waals surface area contributed by atoms with Crippen LogP contribution in [-0.4, -0.2) is 26.2 Å². The Bertz CT molecular complexity index is 930. The van der Waals surface area contributed by atoms with Crippen molar-refractivity contribution in [3.05, 3.63) is 56.7 Å². The molecule has 0 saturated carbocycles. The lowest BCUT2D eigenvalue weighted by molar-refractivity contribution is -0.121. The Morgan fingerprint density at radius 3 is 2.23 bits per heavy atom. The van der Waals surface area contributed by atoms with Crippen molar-refractivity contribution in [2.45, 2.75) is 41.5 Å². The molecule has 0 spiro atoms. The lowest BCUT2D eigenvalue weighted by Gasteiger charge is -2.17. The number of nitrogens with zero attached hydrogens (tertiary/aromatic N) is 2. The van der Waals surface area contributed by atoms with Crippen LogP contribution in [0, 0.1) is 34.6 Å². The molecule has 1 fully saturated rings. The minimum atomic E-state index is 0.00926. The molecule has 0 N–H and O–H groups in total. The van der Waals surface area contributed by atoms with Gasteiger partial charge in [-0.3, -0.25) is 9.69 Å². The molecule has 3 nitrogen and oxygen atoms in total. The molecule has 3 rings (SSSR count). The molecule has 1 aromatic heterocycles. The molecular formula is C21H24N2OS2. The van der Waals surface area contributed by atoms with Crippen LogP contribution in [0.3, 0.4) is 0 Å². The highest BCUT2D eigenvalue weighted by atomic mass is 32.2. The van der Waals surface area contributed by atoms with Gasteiger partial charge in [0.1, 0.15) is 4.32 Å². The lowest BCUT2D eigenvalue weighted by atomic mass is 10.0.